The van der Waals surface area contributed by atoms with Gasteiger partial charge in [-0.3, -0.25) is 0 Å². The van der Waals surface area contributed by atoms with Crippen LogP contribution in [0.5, 0.6) is 5.75 Å². The fourth-order valence-electron chi connectivity index (χ4n) is 2.08. The first-order valence-corrected chi connectivity index (χ1v) is 7.11. The quantitative estimate of drug-likeness (QED) is 0.768. The van der Waals surface area contributed by atoms with Crippen LogP contribution < -0.4 is 15.4 Å². The predicted octanol–water partition coefficient (Wildman–Crippen LogP) is 2.94. The SMILES string of the molecule is COc1ccccc1NC(=O)NCCC(O)c1ccccc1. The van der Waals surface area contributed by atoms with E-state index >= 15 is 0 Å². The van der Waals surface area contributed by atoms with Crippen LogP contribution in [0.4, 0.5) is 10.5 Å². The highest BCUT2D eigenvalue weighted by molar-refractivity contribution is 5.90. The maximum Gasteiger partial charge on any atom is 0.319 e. The highest BCUT2D eigenvalue weighted by atomic mass is 16.5. The van der Waals surface area contributed by atoms with Crippen molar-refractivity contribution in [1.29, 1.82) is 0 Å². The van der Waals surface area contributed by atoms with Crippen molar-refractivity contribution >= 4 is 11.7 Å². The van der Waals surface area contributed by atoms with E-state index in [1.165, 1.54) is 0 Å². The summed E-state index contributed by atoms with van der Waals surface area (Å²) in [6.07, 6.45) is -0.142. The number of para-hydroxylation sites is 2. The molecule has 0 saturated heterocycles. The number of aliphatic hydroxyl groups excluding tert-OH is 1. The summed E-state index contributed by atoms with van der Waals surface area (Å²) < 4.78 is 5.16. The van der Waals surface area contributed by atoms with Gasteiger partial charge in [0.05, 0.1) is 18.9 Å². The van der Waals surface area contributed by atoms with Crippen molar-refractivity contribution < 1.29 is 14.6 Å². The highest BCUT2D eigenvalue weighted by Crippen LogP contribution is 2.22. The Kier molecular flexibility index (Phi) is 5.80. The Hall–Kier alpha value is -2.53. The lowest BCUT2D eigenvalue weighted by Gasteiger charge is -2.13. The Morgan fingerprint density at radius 3 is 2.55 bits per heavy atom. The van der Waals surface area contributed by atoms with Crippen LogP contribution in [0.2, 0.25) is 0 Å². The van der Waals surface area contributed by atoms with Gasteiger partial charge in [0.25, 0.3) is 0 Å². The molecule has 0 fully saturated rings. The van der Waals surface area contributed by atoms with Crippen molar-refractivity contribution in [1.82, 2.24) is 5.32 Å². The standard InChI is InChI=1S/C17H20N2O3/c1-22-16-10-6-5-9-14(16)19-17(21)18-12-11-15(20)13-7-3-2-4-8-13/h2-10,15,20H,11-12H2,1H3,(H2,18,19,21). The minimum absolute atomic E-state index is 0.329. The predicted molar refractivity (Wildman–Crippen MR) is 86.0 cm³/mol. The van der Waals surface area contributed by atoms with Gasteiger partial charge in [0, 0.05) is 6.54 Å². The average molecular weight is 300 g/mol. The molecule has 0 aliphatic rings. The molecular formula is C17H20N2O3. The van der Waals surface area contributed by atoms with E-state index in [9.17, 15) is 9.90 Å². The lowest BCUT2D eigenvalue weighted by Crippen LogP contribution is -2.30. The first-order chi connectivity index (χ1) is 10.7. The Balaban J connectivity index is 1.78. The maximum atomic E-state index is 11.8. The van der Waals surface area contributed by atoms with Crippen LogP contribution in [-0.4, -0.2) is 24.8 Å². The smallest absolute Gasteiger partial charge is 0.319 e. The Bertz CT molecular complexity index is 602. The van der Waals surface area contributed by atoms with E-state index in [1.807, 2.05) is 42.5 Å². The van der Waals surface area contributed by atoms with Gasteiger partial charge in [0.1, 0.15) is 5.75 Å². The van der Waals surface area contributed by atoms with Gasteiger partial charge in [-0.15, -0.1) is 0 Å². The van der Waals surface area contributed by atoms with Crippen molar-refractivity contribution in [3.05, 3.63) is 60.2 Å². The van der Waals surface area contributed by atoms with Crippen molar-refractivity contribution in [3.63, 3.8) is 0 Å². The normalized spacial score (nSPS) is 11.5. The summed E-state index contributed by atoms with van der Waals surface area (Å²) in [6.45, 7) is 0.372. The van der Waals surface area contributed by atoms with Gasteiger partial charge >= 0.3 is 6.03 Å². The van der Waals surface area contributed by atoms with E-state index in [0.717, 1.165) is 5.56 Å². The number of anilines is 1. The van der Waals surface area contributed by atoms with Crippen LogP contribution in [-0.2, 0) is 0 Å². The number of aliphatic hydroxyl groups is 1. The molecule has 0 aliphatic heterocycles. The van der Waals surface area contributed by atoms with Crippen LogP contribution in [0.25, 0.3) is 0 Å². The zero-order chi connectivity index (χ0) is 15.8. The number of hydrogen-bond donors (Lipinski definition) is 3. The Labute approximate surface area is 129 Å². The first kappa shape index (κ1) is 15.9. The number of methoxy groups -OCH3 is 1. The third-order valence-electron chi connectivity index (χ3n) is 3.24. The molecular weight excluding hydrogens is 280 g/mol. The topological polar surface area (TPSA) is 70.6 Å². The maximum absolute atomic E-state index is 11.8. The van der Waals surface area contributed by atoms with E-state index in [2.05, 4.69) is 10.6 Å². The van der Waals surface area contributed by atoms with Crippen molar-refractivity contribution in [3.8, 4) is 5.75 Å². The van der Waals surface area contributed by atoms with Gasteiger partial charge in [-0.25, -0.2) is 4.79 Å². The van der Waals surface area contributed by atoms with E-state index < -0.39 is 6.10 Å². The van der Waals surface area contributed by atoms with Crippen LogP contribution in [0.3, 0.4) is 0 Å². The largest absolute Gasteiger partial charge is 0.495 e. The van der Waals surface area contributed by atoms with Gasteiger partial charge in [-0.05, 0) is 24.1 Å². The van der Waals surface area contributed by atoms with E-state index in [-0.39, 0.29) is 6.03 Å². The zero-order valence-corrected chi connectivity index (χ0v) is 12.5. The second-order valence-electron chi connectivity index (χ2n) is 4.80. The fourth-order valence-corrected chi connectivity index (χ4v) is 2.08. The molecule has 0 aromatic heterocycles. The summed E-state index contributed by atoms with van der Waals surface area (Å²) in [5.74, 6) is 0.599. The van der Waals surface area contributed by atoms with Crippen molar-refractivity contribution in [2.75, 3.05) is 19.0 Å². The van der Waals surface area contributed by atoms with Crippen LogP contribution >= 0.6 is 0 Å². The number of carbonyl (C=O) groups excluding carboxylic acids is 1. The molecule has 1 atom stereocenters. The number of hydrogen-bond acceptors (Lipinski definition) is 3. The van der Waals surface area contributed by atoms with Gasteiger partial charge < -0.3 is 20.5 Å². The number of nitrogens with one attached hydrogen (secondary N) is 2. The molecule has 5 heteroatoms. The summed E-state index contributed by atoms with van der Waals surface area (Å²) in [6, 6.07) is 16.2. The number of benzene rings is 2. The summed E-state index contributed by atoms with van der Waals surface area (Å²) in [4.78, 5) is 11.8. The number of ether oxygens (including phenoxy) is 1. The Morgan fingerprint density at radius 2 is 1.82 bits per heavy atom. The molecule has 2 amide bonds. The molecule has 0 radical (unpaired) electrons. The van der Waals surface area contributed by atoms with Gasteiger partial charge in [-0.2, -0.15) is 0 Å². The van der Waals surface area contributed by atoms with Crippen LogP contribution in [0.1, 0.15) is 18.1 Å². The minimum atomic E-state index is -0.590. The summed E-state index contributed by atoms with van der Waals surface area (Å²) in [7, 11) is 1.55. The molecule has 2 aromatic carbocycles. The molecule has 0 bridgehead atoms. The summed E-state index contributed by atoms with van der Waals surface area (Å²) in [5.41, 5.74) is 1.44. The number of urea groups is 1. The molecule has 116 valence electrons. The van der Waals surface area contributed by atoms with Crippen molar-refractivity contribution in [2.24, 2.45) is 0 Å². The van der Waals surface area contributed by atoms with Crippen molar-refractivity contribution in [2.45, 2.75) is 12.5 Å². The lowest BCUT2D eigenvalue weighted by atomic mass is 10.1. The molecule has 2 aromatic rings. The number of rotatable bonds is 6. The highest BCUT2D eigenvalue weighted by Gasteiger charge is 2.09. The van der Waals surface area contributed by atoms with Gasteiger partial charge in [0.2, 0.25) is 0 Å². The molecule has 5 nitrogen and oxygen atoms in total. The lowest BCUT2D eigenvalue weighted by molar-refractivity contribution is 0.167. The second-order valence-corrected chi connectivity index (χ2v) is 4.80. The summed E-state index contributed by atoms with van der Waals surface area (Å²) >= 11 is 0. The molecule has 0 spiro atoms. The number of carbonyl (C=O) groups is 1. The molecule has 3 N–H and O–H groups in total. The van der Waals surface area contributed by atoms with E-state index in [4.69, 9.17) is 4.74 Å². The molecule has 0 heterocycles. The second kappa shape index (κ2) is 8.05. The summed E-state index contributed by atoms with van der Waals surface area (Å²) in [5, 5.41) is 15.4. The van der Waals surface area contributed by atoms with Crippen LogP contribution in [0, 0.1) is 0 Å². The average Bonchev–Trinajstić information content (AvgIpc) is 2.56. The van der Waals surface area contributed by atoms with Crippen LogP contribution in [0.15, 0.2) is 54.6 Å². The molecule has 22 heavy (non-hydrogen) atoms. The molecule has 2 rings (SSSR count). The minimum Gasteiger partial charge on any atom is -0.495 e. The Morgan fingerprint density at radius 1 is 1.14 bits per heavy atom. The first-order valence-electron chi connectivity index (χ1n) is 7.11. The van der Waals surface area contributed by atoms with Gasteiger partial charge in [0.15, 0.2) is 0 Å². The zero-order valence-electron chi connectivity index (χ0n) is 12.5. The molecule has 1 unspecified atom stereocenters. The monoisotopic (exact) mass is 300 g/mol. The van der Waals surface area contributed by atoms with E-state index in [1.54, 1.807) is 19.2 Å². The number of amides is 2. The molecule has 0 saturated carbocycles. The third-order valence-corrected chi connectivity index (χ3v) is 3.24. The van der Waals surface area contributed by atoms with Gasteiger partial charge in [-0.1, -0.05) is 42.5 Å². The third kappa shape index (κ3) is 4.49. The fraction of sp³-hybridized carbons (Fsp3) is 0.235. The van der Waals surface area contributed by atoms with E-state index in [0.29, 0.717) is 24.4 Å². The molecule has 0 aliphatic carbocycles.